The van der Waals surface area contributed by atoms with Crippen LogP contribution < -0.4 is 20.9 Å². The molecule has 0 saturated carbocycles. The van der Waals surface area contributed by atoms with Crippen LogP contribution in [0.5, 0.6) is 0 Å². The quantitative estimate of drug-likeness (QED) is 0.268. The van der Waals surface area contributed by atoms with Crippen molar-refractivity contribution in [1.82, 2.24) is 25.2 Å². The van der Waals surface area contributed by atoms with Gasteiger partial charge in [-0.15, -0.1) is 0 Å². The van der Waals surface area contributed by atoms with Crippen LogP contribution in [0.3, 0.4) is 0 Å². The number of ether oxygens (including phenoxy) is 1. The first-order valence-electron chi connectivity index (χ1n) is 11.8. The van der Waals surface area contributed by atoms with Crippen molar-refractivity contribution in [2.24, 2.45) is 0 Å². The van der Waals surface area contributed by atoms with Gasteiger partial charge < -0.3 is 20.3 Å². The smallest absolute Gasteiger partial charge is 0.267 e. The van der Waals surface area contributed by atoms with Crippen molar-refractivity contribution in [2.45, 2.75) is 13.8 Å². The molecule has 3 heterocycles. The van der Waals surface area contributed by atoms with Gasteiger partial charge in [0, 0.05) is 38.8 Å². The number of aryl methyl sites for hydroxylation is 2. The molecule has 0 spiro atoms. The van der Waals surface area contributed by atoms with E-state index >= 15 is 0 Å². The van der Waals surface area contributed by atoms with Gasteiger partial charge in [-0.05, 0) is 32.5 Å². The number of hydrogen-bond acceptors (Lipinski definition) is 10. The van der Waals surface area contributed by atoms with Crippen LogP contribution in [0, 0.1) is 13.8 Å². The highest BCUT2D eigenvalue weighted by Crippen LogP contribution is 2.28. The molecule has 3 aromatic rings. The Morgan fingerprint density at radius 1 is 1.19 bits per heavy atom. The largest absolute Gasteiger partial charge is 0.365 e. The third-order valence-electron chi connectivity index (χ3n) is 5.74. The molecule has 3 N–H and O–H groups in total. The van der Waals surface area contributed by atoms with Gasteiger partial charge in [0.05, 0.1) is 30.2 Å². The first-order chi connectivity index (χ1) is 17.4. The summed E-state index contributed by atoms with van der Waals surface area (Å²) in [5, 5.41) is 10.2. The van der Waals surface area contributed by atoms with Gasteiger partial charge in [-0.3, -0.25) is 15.0 Å². The second kappa shape index (κ2) is 12.4. The number of rotatable bonds is 10. The molecule has 1 fully saturated rings. The fraction of sp³-hybridized carbons (Fsp3) is 0.417. The Morgan fingerprint density at radius 2 is 2.00 bits per heavy atom. The zero-order valence-electron chi connectivity index (χ0n) is 20.7. The summed E-state index contributed by atoms with van der Waals surface area (Å²) in [7, 11) is 1.87. The maximum Gasteiger partial charge on any atom is 0.267 e. The number of para-hydroxylation sites is 1. The molecule has 4 rings (SSSR count). The Bertz CT molecular complexity index is 1160. The minimum atomic E-state index is -0.259. The fourth-order valence-electron chi connectivity index (χ4n) is 3.86. The Balaban J connectivity index is 1.36. The number of carbonyl (C=O) groups is 1. The van der Waals surface area contributed by atoms with E-state index in [1.807, 2.05) is 39.1 Å². The lowest BCUT2D eigenvalue weighted by Crippen LogP contribution is -2.47. The van der Waals surface area contributed by atoms with Crippen molar-refractivity contribution in [2.75, 3.05) is 68.6 Å². The van der Waals surface area contributed by atoms with E-state index in [1.165, 1.54) is 11.3 Å². The lowest BCUT2D eigenvalue weighted by atomic mass is 10.2. The van der Waals surface area contributed by atoms with Crippen LogP contribution in [-0.2, 0) is 4.74 Å². The van der Waals surface area contributed by atoms with E-state index < -0.39 is 0 Å². The highest BCUT2D eigenvalue weighted by molar-refractivity contribution is 7.17. The maximum absolute atomic E-state index is 12.7. The Kier molecular flexibility index (Phi) is 9.05. The van der Waals surface area contributed by atoms with Gasteiger partial charge in [0.2, 0.25) is 0 Å². The molecule has 12 heteroatoms. The van der Waals surface area contributed by atoms with Crippen molar-refractivity contribution < 1.29 is 9.53 Å². The molecule has 0 radical (unpaired) electrons. The Labute approximate surface area is 220 Å². The predicted molar refractivity (Wildman–Crippen MR) is 145 cm³/mol. The summed E-state index contributed by atoms with van der Waals surface area (Å²) in [6.45, 7) is 9.63. The van der Waals surface area contributed by atoms with Crippen LogP contribution in [0.25, 0.3) is 0 Å². The van der Waals surface area contributed by atoms with Crippen LogP contribution >= 0.6 is 22.9 Å². The van der Waals surface area contributed by atoms with Crippen LogP contribution in [0.1, 0.15) is 21.1 Å². The number of aromatic nitrogens is 3. The van der Waals surface area contributed by atoms with Crippen LogP contribution in [0.15, 0.2) is 30.5 Å². The molecule has 0 unspecified atom stereocenters. The van der Waals surface area contributed by atoms with Crippen molar-refractivity contribution in [3.63, 3.8) is 0 Å². The molecular weight excluding hydrogens is 500 g/mol. The van der Waals surface area contributed by atoms with E-state index in [9.17, 15) is 4.79 Å². The number of carbonyl (C=O) groups excluding carboxylic acids is 1. The summed E-state index contributed by atoms with van der Waals surface area (Å²) in [4.78, 5) is 31.4. The molecule has 1 aliphatic heterocycles. The zero-order valence-corrected chi connectivity index (χ0v) is 22.2. The van der Waals surface area contributed by atoms with E-state index in [2.05, 4.69) is 40.7 Å². The Hall–Kier alpha value is -2.83. The number of piperazine rings is 1. The van der Waals surface area contributed by atoms with Gasteiger partial charge >= 0.3 is 0 Å². The molecule has 0 bridgehead atoms. The number of benzene rings is 1. The van der Waals surface area contributed by atoms with E-state index in [4.69, 9.17) is 16.3 Å². The normalized spacial score (nSPS) is 14.2. The number of amides is 1. The molecule has 1 amide bonds. The maximum atomic E-state index is 12.7. The van der Waals surface area contributed by atoms with Gasteiger partial charge in [-0.25, -0.2) is 15.0 Å². The second-order valence-electron chi connectivity index (χ2n) is 8.43. The van der Waals surface area contributed by atoms with Gasteiger partial charge in [0.1, 0.15) is 22.3 Å². The summed E-state index contributed by atoms with van der Waals surface area (Å²) in [6.07, 6.45) is 1.54. The van der Waals surface area contributed by atoms with E-state index in [0.29, 0.717) is 45.7 Å². The predicted octanol–water partition coefficient (Wildman–Crippen LogP) is 3.51. The Morgan fingerprint density at radius 3 is 2.75 bits per heavy atom. The summed E-state index contributed by atoms with van der Waals surface area (Å²) in [6, 6.07) is 7.42. The SMILES string of the molecule is CNCOCCN1CCN(c2cc(Nc3ncc(C(=O)Nc4c(C)cccc4Cl)s3)nc(C)n2)CC1. The fourth-order valence-corrected chi connectivity index (χ4v) is 4.85. The van der Waals surface area contributed by atoms with Crippen LogP contribution in [0.4, 0.5) is 22.5 Å². The number of thiazole rings is 1. The minimum Gasteiger partial charge on any atom is -0.365 e. The van der Waals surface area contributed by atoms with Crippen molar-refractivity contribution in [3.05, 3.63) is 51.7 Å². The van der Waals surface area contributed by atoms with Gasteiger partial charge in [-0.2, -0.15) is 0 Å². The molecule has 0 aliphatic carbocycles. The highest BCUT2D eigenvalue weighted by atomic mass is 35.5. The van der Waals surface area contributed by atoms with Gasteiger partial charge in [0.15, 0.2) is 5.13 Å². The minimum absolute atomic E-state index is 0.259. The lowest BCUT2D eigenvalue weighted by molar-refractivity contribution is 0.0924. The molecule has 36 heavy (non-hydrogen) atoms. The van der Waals surface area contributed by atoms with E-state index in [-0.39, 0.29) is 5.91 Å². The van der Waals surface area contributed by atoms with Crippen molar-refractivity contribution in [3.8, 4) is 0 Å². The number of halogens is 1. The van der Waals surface area contributed by atoms with E-state index in [0.717, 1.165) is 44.1 Å². The zero-order chi connectivity index (χ0) is 25.5. The molecule has 1 aliphatic rings. The highest BCUT2D eigenvalue weighted by Gasteiger charge is 2.19. The van der Waals surface area contributed by atoms with E-state index in [1.54, 1.807) is 12.3 Å². The molecule has 2 aromatic heterocycles. The molecule has 192 valence electrons. The average Bonchev–Trinajstić information content (AvgIpc) is 3.33. The monoisotopic (exact) mass is 530 g/mol. The van der Waals surface area contributed by atoms with Crippen molar-refractivity contribution >= 4 is 51.3 Å². The number of nitrogens with zero attached hydrogens (tertiary/aromatic N) is 5. The summed E-state index contributed by atoms with van der Waals surface area (Å²) >= 11 is 7.49. The number of hydrogen-bond donors (Lipinski definition) is 3. The molecule has 10 nitrogen and oxygen atoms in total. The van der Waals surface area contributed by atoms with Gasteiger partial charge in [-0.1, -0.05) is 35.1 Å². The summed E-state index contributed by atoms with van der Waals surface area (Å²) in [5.74, 6) is 1.93. The topological polar surface area (TPSA) is 108 Å². The summed E-state index contributed by atoms with van der Waals surface area (Å²) < 4.78 is 5.51. The first-order valence-corrected chi connectivity index (χ1v) is 13.0. The average molecular weight is 531 g/mol. The molecule has 0 atom stereocenters. The summed E-state index contributed by atoms with van der Waals surface area (Å²) in [5.41, 5.74) is 1.50. The molecular formula is C24H31ClN8O2S. The molecule has 1 aromatic carbocycles. The standard InChI is InChI=1S/C24H31ClN8O2S/c1-16-5-4-6-18(25)22(16)31-23(34)19-14-27-24(36-19)30-20-13-21(29-17(2)28-20)33-9-7-32(8-10-33)11-12-35-15-26-3/h4-6,13-14,26H,7-12,15H2,1-3H3,(H,31,34)(H,27,28,29,30). The molecule has 1 saturated heterocycles. The van der Waals surface area contributed by atoms with Crippen LogP contribution in [0.2, 0.25) is 5.02 Å². The number of anilines is 4. The van der Waals surface area contributed by atoms with Crippen molar-refractivity contribution in [1.29, 1.82) is 0 Å². The third-order valence-corrected chi connectivity index (χ3v) is 6.97. The van der Waals surface area contributed by atoms with Crippen LogP contribution in [-0.4, -0.2) is 78.9 Å². The number of nitrogens with one attached hydrogen (secondary N) is 3. The third kappa shape index (κ3) is 6.89. The lowest BCUT2D eigenvalue weighted by Gasteiger charge is -2.35. The first kappa shape index (κ1) is 26.2. The second-order valence-corrected chi connectivity index (χ2v) is 9.87. The van der Waals surface area contributed by atoms with Gasteiger partial charge in [0.25, 0.3) is 5.91 Å².